The van der Waals surface area contributed by atoms with Crippen LogP contribution in [0.25, 0.3) is 0 Å². The van der Waals surface area contributed by atoms with Crippen molar-refractivity contribution in [1.82, 2.24) is 0 Å². The van der Waals surface area contributed by atoms with E-state index in [1.807, 2.05) is 6.92 Å². The normalized spacial score (nSPS) is 12.0. The van der Waals surface area contributed by atoms with Gasteiger partial charge in [-0.2, -0.15) is 0 Å². The Hall–Kier alpha value is 0.567. The number of aliphatic hydroxyl groups is 2. The first-order valence-corrected chi connectivity index (χ1v) is 6.81. The van der Waals surface area contributed by atoms with E-state index in [-0.39, 0.29) is 12.5 Å². The van der Waals surface area contributed by atoms with Gasteiger partial charge in [0.25, 0.3) is 0 Å². The maximum Gasteiger partial charge on any atom is 0.115 e. The summed E-state index contributed by atoms with van der Waals surface area (Å²) in [6, 6.07) is 0.962. The molecule has 0 radical (unpaired) electrons. The molecular formula is C5H15O2PSi. The average molecular weight is 166 g/mol. The Morgan fingerprint density at radius 3 is 1.78 bits per heavy atom. The molecule has 1 atom stereocenters. The summed E-state index contributed by atoms with van der Waals surface area (Å²) in [5.41, 5.74) is 0. The highest BCUT2D eigenvalue weighted by atomic mass is 31.0. The fourth-order valence-corrected chi connectivity index (χ4v) is 3.28. The van der Waals surface area contributed by atoms with Gasteiger partial charge in [-0.3, -0.25) is 0 Å². The molecule has 0 aliphatic rings. The van der Waals surface area contributed by atoms with Crippen molar-refractivity contribution in [3.05, 3.63) is 0 Å². The Morgan fingerprint density at radius 1 is 1.33 bits per heavy atom. The van der Waals surface area contributed by atoms with Crippen LogP contribution in [0.15, 0.2) is 0 Å². The van der Waals surface area contributed by atoms with E-state index in [1.54, 1.807) is 0 Å². The van der Waals surface area contributed by atoms with E-state index in [0.717, 1.165) is 11.8 Å². The number of aliphatic hydroxyl groups excluding tert-OH is 2. The molecule has 0 spiro atoms. The zero-order valence-electron chi connectivity index (χ0n) is 5.80. The molecule has 9 heavy (non-hydrogen) atoms. The summed E-state index contributed by atoms with van der Waals surface area (Å²) in [6.45, 7) is 2.03. The standard InChI is InChI=1S/C5H15O2PSi/c1-2-9(3-6,4-7)5-8/h6-7H,2-5,8H2,1H3. The molecule has 2 nitrogen and oxygen atoms in total. The fraction of sp³-hybridized carbons (Fsp3) is 1.00. The molecule has 0 aliphatic heterocycles. The molecule has 1 unspecified atom stereocenters. The molecule has 0 rings (SSSR count). The van der Waals surface area contributed by atoms with E-state index in [1.165, 1.54) is 0 Å². The van der Waals surface area contributed by atoms with Crippen molar-refractivity contribution in [3.8, 4) is 0 Å². The summed E-state index contributed by atoms with van der Waals surface area (Å²) in [6.07, 6.45) is 0.424. The monoisotopic (exact) mass is 166 g/mol. The third-order valence-corrected chi connectivity index (χ3v) is 8.16. The number of rotatable bonds is 4. The van der Waals surface area contributed by atoms with Crippen LogP contribution in [0.3, 0.4) is 0 Å². The molecule has 0 heterocycles. The van der Waals surface area contributed by atoms with Crippen molar-refractivity contribution in [2.45, 2.75) is 13.0 Å². The molecule has 4 heteroatoms. The van der Waals surface area contributed by atoms with Crippen molar-refractivity contribution in [2.24, 2.45) is 0 Å². The Kier molecular flexibility index (Phi) is 4.67. The van der Waals surface area contributed by atoms with Gasteiger partial charge in [0.15, 0.2) is 0 Å². The Bertz CT molecular complexity index is 57.8. The van der Waals surface area contributed by atoms with E-state index < -0.39 is 8.07 Å². The van der Waals surface area contributed by atoms with Crippen LogP contribution in [0.2, 0.25) is 6.04 Å². The van der Waals surface area contributed by atoms with Crippen molar-refractivity contribution < 1.29 is 10.2 Å². The maximum atomic E-state index is 8.86. The molecule has 0 aromatic carbocycles. The first-order chi connectivity index (χ1) is 4.24. The van der Waals surface area contributed by atoms with Crippen molar-refractivity contribution in [2.75, 3.05) is 18.2 Å². The Morgan fingerprint density at radius 2 is 1.78 bits per heavy atom. The van der Waals surface area contributed by atoms with Gasteiger partial charge < -0.3 is 10.2 Å². The predicted molar refractivity (Wildman–Crippen MR) is 45.0 cm³/mol. The minimum atomic E-state index is -1.62. The van der Waals surface area contributed by atoms with Gasteiger partial charge in [0.05, 0.1) is 0 Å². The quantitative estimate of drug-likeness (QED) is 0.453. The molecule has 0 saturated carbocycles. The average Bonchev–Trinajstić information content (AvgIpc) is 1.95. The second-order valence-electron chi connectivity index (χ2n) is 2.37. The second kappa shape index (κ2) is 4.39. The van der Waals surface area contributed by atoms with Gasteiger partial charge in [-0.1, -0.05) is 13.0 Å². The lowest BCUT2D eigenvalue weighted by Gasteiger charge is -2.22. The lowest BCUT2D eigenvalue weighted by Crippen LogP contribution is -2.45. The van der Waals surface area contributed by atoms with Crippen LogP contribution in [0.5, 0.6) is 0 Å². The van der Waals surface area contributed by atoms with Crippen molar-refractivity contribution in [1.29, 1.82) is 0 Å². The minimum Gasteiger partial charge on any atom is -0.400 e. The fourth-order valence-electron chi connectivity index (χ4n) is 0.547. The van der Waals surface area contributed by atoms with Crippen molar-refractivity contribution >= 4 is 17.3 Å². The number of hydrogen-bond donors (Lipinski definition) is 2. The lowest BCUT2D eigenvalue weighted by molar-refractivity contribution is 0.321. The zero-order valence-corrected chi connectivity index (χ0v) is 7.95. The largest absolute Gasteiger partial charge is 0.400 e. The van der Waals surface area contributed by atoms with Crippen LogP contribution in [-0.4, -0.2) is 36.5 Å². The van der Waals surface area contributed by atoms with Crippen LogP contribution >= 0.6 is 9.24 Å². The van der Waals surface area contributed by atoms with Gasteiger partial charge in [0, 0.05) is 12.5 Å². The minimum absolute atomic E-state index is 0.212. The third kappa shape index (κ3) is 2.34. The highest BCUT2D eigenvalue weighted by Gasteiger charge is 2.26. The lowest BCUT2D eigenvalue weighted by atomic mass is 11.0. The van der Waals surface area contributed by atoms with E-state index in [2.05, 4.69) is 9.24 Å². The summed E-state index contributed by atoms with van der Waals surface area (Å²) in [7, 11) is 0.983. The van der Waals surface area contributed by atoms with Gasteiger partial charge in [-0.05, 0) is 5.79 Å². The molecule has 0 aromatic heterocycles. The van der Waals surface area contributed by atoms with Gasteiger partial charge in [-0.25, -0.2) is 0 Å². The van der Waals surface area contributed by atoms with E-state index in [9.17, 15) is 0 Å². The van der Waals surface area contributed by atoms with Crippen LogP contribution < -0.4 is 0 Å². The molecule has 0 aromatic rings. The van der Waals surface area contributed by atoms with Gasteiger partial charge in [0.1, 0.15) is 8.07 Å². The van der Waals surface area contributed by atoms with Crippen LogP contribution in [0.1, 0.15) is 6.92 Å². The third-order valence-electron chi connectivity index (χ3n) is 1.85. The zero-order chi connectivity index (χ0) is 7.33. The maximum absolute atomic E-state index is 8.86. The summed E-state index contributed by atoms with van der Waals surface area (Å²) < 4.78 is 0. The molecule has 0 bridgehead atoms. The van der Waals surface area contributed by atoms with Crippen molar-refractivity contribution in [3.63, 3.8) is 0 Å². The summed E-state index contributed by atoms with van der Waals surface area (Å²) in [5.74, 6) is 0.899. The summed E-state index contributed by atoms with van der Waals surface area (Å²) in [4.78, 5) is 0. The first-order valence-electron chi connectivity index (χ1n) is 3.16. The first kappa shape index (κ1) is 9.57. The number of hydrogen-bond acceptors (Lipinski definition) is 2. The van der Waals surface area contributed by atoms with Gasteiger partial charge >= 0.3 is 0 Å². The SMILES string of the molecule is CC[Si](CO)(CO)CP. The van der Waals surface area contributed by atoms with E-state index >= 15 is 0 Å². The van der Waals surface area contributed by atoms with Crippen LogP contribution in [-0.2, 0) is 0 Å². The summed E-state index contributed by atoms with van der Waals surface area (Å²) >= 11 is 0. The van der Waals surface area contributed by atoms with E-state index in [4.69, 9.17) is 10.2 Å². The predicted octanol–water partition coefficient (Wildman–Crippen LogP) is -0.0676. The molecule has 56 valence electrons. The smallest absolute Gasteiger partial charge is 0.115 e. The topological polar surface area (TPSA) is 40.5 Å². The van der Waals surface area contributed by atoms with Gasteiger partial charge in [0.2, 0.25) is 0 Å². The molecule has 0 aliphatic carbocycles. The molecule has 0 saturated heterocycles. The highest BCUT2D eigenvalue weighted by molar-refractivity contribution is 7.23. The molecule has 0 fully saturated rings. The molecule has 2 N–H and O–H groups in total. The molecular weight excluding hydrogens is 151 g/mol. The second-order valence-corrected chi connectivity index (χ2v) is 8.35. The summed E-state index contributed by atoms with van der Waals surface area (Å²) in [5, 5.41) is 17.7. The Balaban J connectivity index is 3.82. The van der Waals surface area contributed by atoms with E-state index in [0.29, 0.717) is 0 Å². The van der Waals surface area contributed by atoms with Crippen LogP contribution in [0.4, 0.5) is 0 Å². The highest BCUT2D eigenvalue weighted by Crippen LogP contribution is 2.10. The molecule has 0 amide bonds. The Labute approximate surface area is 59.5 Å². The van der Waals surface area contributed by atoms with Crippen LogP contribution in [0, 0.1) is 0 Å². The van der Waals surface area contributed by atoms with Gasteiger partial charge in [-0.15, -0.1) is 9.24 Å².